The second-order valence-electron chi connectivity index (χ2n) is 6.66. The van der Waals surface area contributed by atoms with Crippen molar-refractivity contribution in [1.82, 2.24) is 0 Å². The van der Waals surface area contributed by atoms with Crippen molar-refractivity contribution in [2.45, 2.75) is 19.4 Å². The summed E-state index contributed by atoms with van der Waals surface area (Å²) in [7, 11) is 0. The molecule has 0 aliphatic carbocycles. The SMILES string of the molecule is O=C1/C(=C/c2ccc(Cl)cc2Cl)Oc2c1ccc([O-])c2C[NH+]1CCCC1. The van der Waals surface area contributed by atoms with Crippen molar-refractivity contribution in [3.63, 3.8) is 0 Å². The highest BCUT2D eigenvalue weighted by atomic mass is 35.5. The second-order valence-corrected chi connectivity index (χ2v) is 7.50. The first-order valence-electron chi connectivity index (χ1n) is 8.58. The average Bonchev–Trinajstić information content (AvgIpc) is 3.22. The van der Waals surface area contributed by atoms with Crippen molar-refractivity contribution in [3.05, 3.63) is 62.8 Å². The van der Waals surface area contributed by atoms with E-state index in [0.29, 0.717) is 39.0 Å². The fourth-order valence-corrected chi connectivity index (χ4v) is 3.98. The van der Waals surface area contributed by atoms with E-state index in [4.69, 9.17) is 27.9 Å². The first-order valence-corrected chi connectivity index (χ1v) is 9.34. The largest absolute Gasteiger partial charge is 0.872 e. The summed E-state index contributed by atoms with van der Waals surface area (Å²) < 4.78 is 5.84. The molecule has 2 aliphatic rings. The number of Topliss-reactive ketones (excluding diaryl/α,β-unsaturated/α-hetero) is 1. The molecule has 0 bridgehead atoms. The van der Waals surface area contributed by atoms with Gasteiger partial charge in [-0.3, -0.25) is 4.79 Å². The van der Waals surface area contributed by atoms with Gasteiger partial charge in [-0.15, -0.1) is 0 Å². The number of rotatable bonds is 3. The summed E-state index contributed by atoms with van der Waals surface area (Å²) in [6, 6.07) is 8.05. The quantitative estimate of drug-likeness (QED) is 0.821. The van der Waals surface area contributed by atoms with Crippen molar-refractivity contribution in [2.75, 3.05) is 13.1 Å². The van der Waals surface area contributed by atoms with Gasteiger partial charge < -0.3 is 14.7 Å². The Balaban J connectivity index is 1.69. The highest BCUT2D eigenvalue weighted by Crippen LogP contribution is 2.38. The number of carbonyl (C=O) groups is 1. The number of likely N-dealkylation sites (tertiary alicyclic amines) is 1. The smallest absolute Gasteiger partial charge is 0.231 e. The number of ketones is 1. The van der Waals surface area contributed by atoms with E-state index >= 15 is 0 Å². The molecule has 1 fully saturated rings. The molecule has 26 heavy (non-hydrogen) atoms. The van der Waals surface area contributed by atoms with Gasteiger partial charge in [0.2, 0.25) is 5.78 Å². The minimum Gasteiger partial charge on any atom is -0.872 e. The zero-order chi connectivity index (χ0) is 18.3. The molecular formula is C20H17Cl2NO3. The van der Waals surface area contributed by atoms with Gasteiger partial charge in [0.25, 0.3) is 0 Å². The average molecular weight is 390 g/mol. The number of ether oxygens (including phenoxy) is 1. The summed E-state index contributed by atoms with van der Waals surface area (Å²) in [5.74, 6) is 0.260. The first kappa shape index (κ1) is 17.4. The number of halogens is 2. The van der Waals surface area contributed by atoms with Crippen LogP contribution in [0.2, 0.25) is 10.0 Å². The third kappa shape index (κ3) is 3.20. The van der Waals surface area contributed by atoms with Gasteiger partial charge in [0.1, 0.15) is 12.3 Å². The summed E-state index contributed by atoms with van der Waals surface area (Å²) in [5.41, 5.74) is 1.66. The number of hydrogen-bond acceptors (Lipinski definition) is 3. The standard InChI is InChI=1S/C20H17Cl2NO3/c21-13-4-3-12(16(22)10-13)9-18-19(25)14-5-6-17(24)15(20(14)26-18)11-23-7-1-2-8-23/h3-6,9-10,24H,1-2,7-8,11H2/b18-9-. The molecule has 0 radical (unpaired) electrons. The number of fused-ring (bicyclic) bond motifs is 1. The van der Waals surface area contributed by atoms with Crippen LogP contribution in [-0.4, -0.2) is 18.9 Å². The fraction of sp³-hybridized carbons (Fsp3) is 0.250. The minimum absolute atomic E-state index is 0.0817. The number of hydrogen-bond donors (Lipinski definition) is 1. The van der Waals surface area contributed by atoms with E-state index in [9.17, 15) is 9.90 Å². The van der Waals surface area contributed by atoms with Crippen LogP contribution in [0.1, 0.15) is 34.3 Å². The molecule has 2 aromatic carbocycles. The molecule has 4 rings (SSSR count). The Labute approximate surface area is 161 Å². The molecule has 2 heterocycles. The molecule has 2 aromatic rings. The van der Waals surface area contributed by atoms with Crippen molar-refractivity contribution in [2.24, 2.45) is 0 Å². The Hall–Kier alpha value is -2.01. The maximum Gasteiger partial charge on any atom is 0.231 e. The molecule has 4 nitrogen and oxygen atoms in total. The van der Waals surface area contributed by atoms with Gasteiger partial charge >= 0.3 is 0 Å². The van der Waals surface area contributed by atoms with Crippen molar-refractivity contribution in [3.8, 4) is 11.5 Å². The van der Waals surface area contributed by atoms with Gasteiger partial charge in [-0.1, -0.05) is 41.1 Å². The Bertz CT molecular complexity index is 918. The van der Waals surface area contributed by atoms with Gasteiger partial charge in [0.15, 0.2) is 5.76 Å². The van der Waals surface area contributed by atoms with Crippen LogP contribution in [0.25, 0.3) is 6.08 Å². The number of allylic oxidation sites excluding steroid dienone is 1. The molecule has 2 aliphatic heterocycles. The zero-order valence-electron chi connectivity index (χ0n) is 14.0. The lowest BCUT2D eigenvalue weighted by Crippen LogP contribution is -3.08. The molecule has 1 N–H and O–H groups in total. The van der Waals surface area contributed by atoms with Gasteiger partial charge in [0.05, 0.1) is 18.7 Å². The third-order valence-electron chi connectivity index (χ3n) is 4.88. The van der Waals surface area contributed by atoms with Gasteiger partial charge in [-0.25, -0.2) is 0 Å². The summed E-state index contributed by atoms with van der Waals surface area (Å²) in [4.78, 5) is 14.1. The van der Waals surface area contributed by atoms with Crippen LogP contribution in [0.4, 0.5) is 0 Å². The molecule has 0 unspecified atom stereocenters. The van der Waals surface area contributed by atoms with E-state index in [1.165, 1.54) is 23.8 Å². The van der Waals surface area contributed by atoms with Gasteiger partial charge in [0, 0.05) is 28.5 Å². The number of quaternary nitrogens is 1. The van der Waals surface area contributed by atoms with Crippen LogP contribution in [0.15, 0.2) is 36.1 Å². The second kappa shape index (κ2) is 6.95. The Morgan fingerprint density at radius 1 is 1.15 bits per heavy atom. The van der Waals surface area contributed by atoms with E-state index in [-0.39, 0.29) is 17.3 Å². The lowest BCUT2D eigenvalue weighted by atomic mass is 10.0. The van der Waals surface area contributed by atoms with Crippen LogP contribution in [0.5, 0.6) is 11.5 Å². The zero-order valence-corrected chi connectivity index (χ0v) is 15.5. The Morgan fingerprint density at radius 3 is 2.65 bits per heavy atom. The molecule has 134 valence electrons. The summed E-state index contributed by atoms with van der Waals surface area (Å²) in [5, 5.41) is 13.3. The van der Waals surface area contributed by atoms with Crippen LogP contribution in [-0.2, 0) is 6.54 Å². The number of carbonyl (C=O) groups excluding carboxylic acids is 1. The van der Waals surface area contributed by atoms with E-state index in [2.05, 4.69) is 0 Å². The Kier molecular flexibility index (Phi) is 4.65. The fourth-order valence-electron chi connectivity index (χ4n) is 3.52. The van der Waals surface area contributed by atoms with Gasteiger partial charge in [-0.2, -0.15) is 0 Å². The summed E-state index contributed by atoms with van der Waals surface area (Å²) >= 11 is 12.1. The Morgan fingerprint density at radius 2 is 1.92 bits per heavy atom. The van der Waals surface area contributed by atoms with Crippen LogP contribution >= 0.6 is 23.2 Å². The van der Waals surface area contributed by atoms with E-state index in [1.807, 2.05) is 0 Å². The molecule has 0 amide bonds. The van der Waals surface area contributed by atoms with Crippen molar-refractivity contribution < 1.29 is 19.5 Å². The summed E-state index contributed by atoms with van der Waals surface area (Å²) in [6.07, 6.45) is 3.93. The lowest BCUT2D eigenvalue weighted by molar-refractivity contribution is -0.901. The van der Waals surface area contributed by atoms with E-state index in [0.717, 1.165) is 13.1 Å². The van der Waals surface area contributed by atoms with Crippen LogP contribution in [0, 0.1) is 0 Å². The molecule has 6 heteroatoms. The normalized spacial score (nSPS) is 18.4. The highest BCUT2D eigenvalue weighted by molar-refractivity contribution is 6.35. The molecule has 0 spiro atoms. The highest BCUT2D eigenvalue weighted by Gasteiger charge is 2.31. The van der Waals surface area contributed by atoms with Gasteiger partial charge in [-0.05, 0) is 29.8 Å². The van der Waals surface area contributed by atoms with E-state index in [1.54, 1.807) is 30.3 Å². The topological polar surface area (TPSA) is 53.8 Å². The maximum absolute atomic E-state index is 12.7. The first-order chi connectivity index (χ1) is 12.5. The van der Waals surface area contributed by atoms with Crippen LogP contribution < -0.4 is 14.7 Å². The minimum atomic E-state index is -0.233. The molecule has 0 aromatic heterocycles. The third-order valence-corrected chi connectivity index (χ3v) is 5.45. The van der Waals surface area contributed by atoms with Crippen molar-refractivity contribution in [1.29, 1.82) is 0 Å². The number of nitrogens with one attached hydrogen (secondary N) is 1. The predicted octanol–water partition coefficient (Wildman–Crippen LogP) is 2.86. The summed E-state index contributed by atoms with van der Waals surface area (Å²) in [6.45, 7) is 2.67. The van der Waals surface area contributed by atoms with Crippen molar-refractivity contribution >= 4 is 35.1 Å². The van der Waals surface area contributed by atoms with E-state index < -0.39 is 0 Å². The van der Waals surface area contributed by atoms with Crippen LogP contribution in [0.3, 0.4) is 0 Å². The number of benzene rings is 2. The lowest BCUT2D eigenvalue weighted by Gasteiger charge is -2.19. The molecule has 0 atom stereocenters. The molecular weight excluding hydrogens is 373 g/mol. The predicted molar refractivity (Wildman–Crippen MR) is 98.9 cm³/mol. The monoisotopic (exact) mass is 389 g/mol. The molecule has 1 saturated heterocycles. The maximum atomic E-state index is 12.7. The molecule has 0 saturated carbocycles.